The Morgan fingerprint density at radius 1 is 1.03 bits per heavy atom. The number of rotatable bonds is 8. The summed E-state index contributed by atoms with van der Waals surface area (Å²) in [7, 11) is -3.39. The third kappa shape index (κ3) is 5.38. The van der Waals surface area contributed by atoms with Crippen LogP contribution in [0.15, 0.2) is 58.4 Å². The van der Waals surface area contributed by atoms with Crippen LogP contribution in [0.2, 0.25) is 0 Å². The van der Waals surface area contributed by atoms with Gasteiger partial charge in [0.1, 0.15) is 6.61 Å². The molecule has 0 amide bonds. The van der Waals surface area contributed by atoms with Gasteiger partial charge < -0.3 is 9.47 Å². The molecule has 10 heteroatoms. The van der Waals surface area contributed by atoms with E-state index in [1.165, 1.54) is 36.5 Å². The molecule has 0 saturated heterocycles. The van der Waals surface area contributed by atoms with Crippen molar-refractivity contribution >= 4 is 9.84 Å². The van der Waals surface area contributed by atoms with Gasteiger partial charge in [-0.25, -0.2) is 17.2 Å². The number of ether oxygens (including phenoxy) is 2. The Hall–Kier alpha value is -3.11. The molecule has 0 aliphatic heterocycles. The maximum atomic E-state index is 13.7. The van der Waals surface area contributed by atoms with E-state index >= 15 is 0 Å². The molecule has 0 aliphatic carbocycles. The van der Waals surface area contributed by atoms with Gasteiger partial charge in [0.25, 0.3) is 0 Å². The first kappa shape index (κ1) is 23.6. The lowest BCUT2D eigenvalue weighted by Crippen LogP contribution is -2.25. The van der Waals surface area contributed by atoms with Crippen LogP contribution < -0.4 is 10.3 Å². The molecule has 170 valence electrons. The van der Waals surface area contributed by atoms with Crippen molar-refractivity contribution in [2.24, 2.45) is 0 Å². The van der Waals surface area contributed by atoms with Crippen LogP contribution >= 0.6 is 0 Å². The highest BCUT2D eigenvalue weighted by atomic mass is 32.2. The second-order valence-corrected chi connectivity index (χ2v) is 9.28. The highest BCUT2D eigenvalue weighted by Gasteiger charge is 2.18. The van der Waals surface area contributed by atoms with Crippen molar-refractivity contribution in [3.63, 3.8) is 0 Å². The van der Waals surface area contributed by atoms with Gasteiger partial charge in [0, 0.05) is 17.9 Å². The molecule has 0 bridgehead atoms. The normalized spacial score (nSPS) is 11.7. The number of aromatic nitrogens is 2. The summed E-state index contributed by atoms with van der Waals surface area (Å²) in [5.41, 5.74) is 0.152. The van der Waals surface area contributed by atoms with Crippen molar-refractivity contribution < 1.29 is 26.7 Å². The summed E-state index contributed by atoms with van der Waals surface area (Å²) >= 11 is 0. The Labute approximate surface area is 184 Å². The quantitative estimate of drug-likeness (QED) is 0.475. The Kier molecular flexibility index (Phi) is 7.05. The monoisotopic (exact) mass is 464 g/mol. The summed E-state index contributed by atoms with van der Waals surface area (Å²) < 4.78 is 62.5. The van der Waals surface area contributed by atoms with Crippen LogP contribution in [-0.4, -0.2) is 43.8 Å². The summed E-state index contributed by atoms with van der Waals surface area (Å²) in [6.07, 6.45) is 2.41. The molecule has 0 aliphatic rings. The van der Waals surface area contributed by atoms with Gasteiger partial charge in [-0.2, -0.15) is 9.78 Å². The minimum atomic E-state index is -3.39. The minimum Gasteiger partial charge on any atom is -0.485 e. The van der Waals surface area contributed by atoms with Crippen molar-refractivity contribution in [3.8, 4) is 22.6 Å². The van der Waals surface area contributed by atoms with Gasteiger partial charge in [0.15, 0.2) is 27.2 Å². The fourth-order valence-corrected chi connectivity index (χ4v) is 3.52. The zero-order valence-corrected chi connectivity index (χ0v) is 18.5. The van der Waals surface area contributed by atoms with E-state index in [-0.39, 0.29) is 35.7 Å². The van der Waals surface area contributed by atoms with Crippen LogP contribution in [0.5, 0.6) is 5.75 Å². The smallest absolute Gasteiger partial charge is 0.314 e. The molecule has 2 aromatic carbocycles. The predicted molar refractivity (Wildman–Crippen MR) is 115 cm³/mol. The molecule has 0 saturated carbocycles. The number of benzene rings is 2. The van der Waals surface area contributed by atoms with Crippen molar-refractivity contribution in [1.82, 2.24) is 9.78 Å². The van der Waals surface area contributed by atoms with Crippen LogP contribution in [0.4, 0.5) is 8.78 Å². The largest absolute Gasteiger partial charge is 0.485 e. The van der Waals surface area contributed by atoms with Crippen molar-refractivity contribution in [2.75, 3.05) is 19.5 Å². The van der Waals surface area contributed by atoms with Gasteiger partial charge >= 0.3 is 5.56 Å². The maximum absolute atomic E-state index is 13.7. The molecule has 3 rings (SSSR count). The molecule has 0 N–H and O–H groups in total. The second-order valence-electron chi connectivity index (χ2n) is 7.27. The third-order valence-electron chi connectivity index (χ3n) is 4.46. The minimum absolute atomic E-state index is 0.0242. The molecule has 32 heavy (non-hydrogen) atoms. The summed E-state index contributed by atoms with van der Waals surface area (Å²) in [6, 6.07) is 8.87. The number of hydrogen-bond acceptors (Lipinski definition) is 6. The van der Waals surface area contributed by atoms with E-state index in [1.807, 2.05) is 13.8 Å². The van der Waals surface area contributed by atoms with Crippen LogP contribution in [0.25, 0.3) is 16.8 Å². The van der Waals surface area contributed by atoms with Gasteiger partial charge in [-0.1, -0.05) is 12.1 Å². The Morgan fingerprint density at radius 3 is 2.31 bits per heavy atom. The van der Waals surface area contributed by atoms with E-state index in [4.69, 9.17) is 9.47 Å². The molecule has 7 nitrogen and oxygen atoms in total. The molecule has 1 heterocycles. The molecular weight excluding hydrogens is 442 g/mol. The van der Waals surface area contributed by atoms with Crippen molar-refractivity contribution in [2.45, 2.75) is 24.8 Å². The molecule has 0 atom stereocenters. The highest BCUT2D eigenvalue weighted by molar-refractivity contribution is 7.90. The number of sulfone groups is 1. The lowest BCUT2D eigenvalue weighted by Gasteiger charge is -2.14. The fraction of sp³-hybridized carbons (Fsp3) is 0.273. The number of nitrogens with zero attached hydrogens (tertiary/aromatic N) is 2. The van der Waals surface area contributed by atoms with E-state index in [9.17, 15) is 22.0 Å². The SMILES string of the molecule is CC(C)OCCOc1c(-c2ccc(S(C)(=O)=O)cc2)cnn(-c2ccc(F)c(F)c2)c1=O. The van der Waals surface area contributed by atoms with Gasteiger partial charge in [0.2, 0.25) is 0 Å². The molecule has 0 radical (unpaired) electrons. The maximum Gasteiger partial charge on any atom is 0.314 e. The summed E-state index contributed by atoms with van der Waals surface area (Å²) in [5.74, 6) is -2.25. The van der Waals surface area contributed by atoms with E-state index in [1.54, 1.807) is 0 Å². The first-order valence-electron chi connectivity index (χ1n) is 9.70. The predicted octanol–water partition coefficient (Wildman–Crippen LogP) is 3.39. The molecule has 1 aromatic heterocycles. The Balaban J connectivity index is 2.06. The van der Waals surface area contributed by atoms with Gasteiger partial charge in [0.05, 0.1) is 29.5 Å². The second kappa shape index (κ2) is 9.58. The molecule has 0 unspecified atom stereocenters. The van der Waals surface area contributed by atoms with Crippen molar-refractivity contribution in [3.05, 3.63) is 70.6 Å². The summed E-state index contributed by atoms with van der Waals surface area (Å²) in [5, 5.41) is 4.07. The lowest BCUT2D eigenvalue weighted by molar-refractivity contribution is 0.0549. The fourth-order valence-electron chi connectivity index (χ4n) is 2.89. The van der Waals surface area contributed by atoms with E-state index in [0.29, 0.717) is 11.1 Å². The number of hydrogen-bond donors (Lipinski definition) is 0. The molecule has 0 spiro atoms. The van der Waals surface area contributed by atoms with Gasteiger partial charge in [-0.15, -0.1) is 0 Å². The first-order valence-corrected chi connectivity index (χ1v) is 11.6. The lowest BCUT2D eigenvalue weighted by atomic mass is 10.1. The van der Waals surface area contributed by atoms with E-state index in [0.717, 1.165) is 23.1 Å². The zero-order chi connectivity index (χ0) is 23.5. The standard InChI is InChI=1S/C22H22F2N2O5S/c1-14(2)30-10-11-31-21-18(15-4-7-17(8-5-15)32(3,28)29)13-25-26(22(21)27)16-6-9-19(23)20(24)12-16/h4-9,12-14H,10-11H2,1-3H3. The van der Waals surface area contributed by atoms with Crippen LogP contribution in [0.1, 0.15) is 13.8 Å². The third-order valence-corrected chi connectivity index (χ3v) is 5.58. The van der Waals surface area contributed by atoms with E-state index < -0.39 is 27.0 Å². The van der Waals surface area contributed by atoms with Gasteiger partial charge in [-0.3, -0.25) is 4.79 Å². The van der Waals surface area contributed by atoms with Crippen LogP contribution in [0, 0.1) is 11.6 Å². The van der Waals surface area contributed by atoms with Crippen molar-refractivity contribution in [1.29, 1.82) is 0 Å². The Bertz CT molecular complexity index is 1270. The molecule has 3 aromatic rings. The topological polar surface area (TPSA) is 87.5 Å². The average molecular weight is 464 g/mol. The summed E-state index contributed by atoms with van der Waals surface area (Å²) in [6.45, 7) is 4.00. The van der Waals surface area contributed by atoms with Gasteiger partial charge in [-0.05, 0) is 43.7 Å². The first-order chi connectivity index (χ1) is 15.1. The Morgan fingerprint density at radius 2 is 1.72 bits per heavy atom. The van der Waals surface area contributed by atoms with Crippen LogP contribution in [-0.2, 0) is 14.6 Å². The highest BCUT2D eigenvalue weighted by Crippen LogP contribution is 2.28. The van der Waals surface area contributed by atoms with Crippen LogP contribution in [0.3, 0.4) is 0 Å². The molecular formula is C22H22F2N2O5S. The van der Waals surface area contributed by atoms with E-state index in [2.05, 4.69) is 5.10 Å². The average Bonchev–Trinajstić information content (AvgIpc) is 2.73. The molecule has 0 fully saturated rings. The summed E-state index contributed by atoms with van der Waals surface area (Å²) in [4.78, 5) is 13.3. The zero-order valence-electron chi connectivity index (χ0n) is 17.7. The number of halogens is 2.